The number of carbonyl (C=O) groups is 1. The number of rotatable bonds is 3. The van der Waals surface area contributed by atoms with Gasteiger partial charge in [0, 0.05) is 5.02 Å². The van der Waals surface area contributed by atoms with Crippen molar-refractivity contribution < 1.29 is 9.53 Å². The first-order chi connectivity index (χ1) is 9.69. The van der Waals surface area contributed by atoms with Crippen molar-refractivity contribution in [2.75, 3.05) is 7.11 Å². The fourth-order valence-electron chi connectivity index (χ4n) is 3.09. The molecule has 0 amide bonds. The second-order valence-corrected chi connectivity index (χ2v) is 5.77. The van der Waals surface area contributed by atoms with Crippen molar-refractivity contribution in [2.45, 2.75) is 31.6 Å². The number of benzene rings is 1. The Hall–Kier alpha value is -1.55. The van der Waals surface area contributed by atoms with Crippen LogP contribution in [0, 0.1) is 5.92 Å². The van der Waals surface area contributed by atoms with Crippen LogP contribution in [-0.4, -0.2) is 23.0 Å². The average Bonchev–Trinajstić information content (AvgIpc) is 3.07. The topological polar surface area (TPSA) is 55.0 Å². The van der Waals surface area contributed by atoms with E-state index >= 15 is 0 Å². The van der Waals surface area contributed by atoms with Crippen LogP contribution in [0.25, 0.3) is 11.0 Å². The summed E-state index contributed by atoms with van der Waals surface area (Å²) in [7, 11) is 1.43. The zero-order valence-corrected chi connectivity index (χ0v) is 12.1. The Morgan fingerprint density at radius 2 is 2.20 bits per heavy atom. The summed E-state index contributed by atoms with van der Waals surface area (Å²) in [5.74, 6) is 0.509. The van der Waals surface area contributed by atoms with E-state index < -0.39 is 0 Å². The molecule has 20 heavy (non-hydrogen) atoms. The lowest BCUT2D eigenvalue weighted by Crippen LogP contribution is -2.22. The van der Waals surface area contributed by atoms with Gasteiger partial charge in [-0.15, -0.1) is 0 Å². The number of halogens is 1. The lowest BCUT2D eigenvalue weighted by atomic mass is 9.90. The van der Waals surface area contributed by atoms with E-state index in [1.807, 2.05) is 12.1 Å². The maximum Gasteiger partial charge on any atom is 0.316 e. The van der Waals surface area contributed by atoms with Crippen LogP contribution >= 0.6 is 11.6 Å². The Bertz CT molecular complexity index is 632. The molecule has 1 fully saturated rings. The average molecular weight is 293 g/mol. The number of imidazole rings is 1. The van der Waals surface area contributed by atoms with Crippen molar-refractivity contribution in [1.29, 1.82) is 0 Å². The molecule has 0 bridgehead atoms. The van der Waals surface area contributed by atoms with Gasteiger partial charge < -0.3 is 9.72 Å². The monoisotopic (exact) mass is 292 g/mol. The van der Waals surface area contributed by atoms with Crippen LogP contribution in [0.2, 0.25) is 5.02 Å². The maximum absolute atomic E-state index is 12.1. The first-order valence-corrected chi connectivity index (χ1v) is 7.30. The smallest absolute Gasteiger partial charge is 0.316 e. The second-order valence-electron chi connectivity index (χ2n) is 5.33. The molecule has 1 aliphatic carbocycles. The van der Waals surface area contributed by atoms with Crippen LogP contribution in [0.3, 0.4) is 0 Å². The summed E-state index contributed by atoms with van der Waals surface area (Å²) in [6.07, 6.45) is 4.45. The van der Waals surface area contributed by atoms with Crippen LogP contribution in [0.5, 0.6) is 0 Å². The van der Waals surface area contributed by atoms with E-state index in [9.17, 15) is 4.79 Å². The number of aromatic amines is 1. The van der Waals surface area contributed by atoms with Gasteiger partial charge in [0.2, 0.25) is 0 Å². The SMILES string of the molecule is COC(=O)C(c1nc2ccc(Cl)cc2[nH]1)C1CCCC1. The van der Waals surface area contributed by atoms with Gasteiger partial charge in [-0.3, -0.25) is 4.79 Å². The largest absolute Gasteiger partial charge is 0.468 e. The van der Waals surface area contributed by atoms with Crippen LogP contribution in [-0.2, 0) is 9.53 Å². The standard InChI is InChI=1S/C15H17ClN2O2/c1-20-15(19)13(9-4-2-3-5-9)14-17-11-7-6-10(16)8-12(11)18-14/h6-9,13H,2-5H2,1H3,(H,17,18). The molecule has 0 radical (unpaired) electrons. The lowest BCUT2D eigenvalue weighted by molar-refractivity contribution is -0.144. The number of methoxy groups -OCH3 is 1. The highest BCUT2D eigenvalue weighted by atomic mass is 35.5. The number of fused-ring (bicyclic) bond motifs is 1. The van der Waals surface area contributed by atoms with Crippen LogP contribution < -0.4 is 0 Å². The second kappa shape index (κ2) is 5.44. The van der Waals surface area contributed by atoms with Gasteiger partial charge in [0.15, 0.2) is 0 Å². The van der Waals surface area contributed by atoms with E-state index in [1.54, 1.807) is 6.07 Å². The molecule has 1 saturated carbocycles. The number of hydrogen-bond acceptors (Lipinski definition) is 3. The number of esters is 1. The van der Waals surface area contributed by atoms with E-state index in [1.165, 1.54) is 20.0 Å². The summed E-state index contributed by atoms with van der Waals surface area (Å²) < 4.78 is 4.97. The fraction of sp³-hybridized carbons (Fsp3) is 0.467. The third-order valence-electron chi connectivity index (χ3n) is 4.08. The number of aromatic nitrogens is 2. The molecule has 5 heteroatoms. The zero-order chi connectivity index (χ0) is 14.1. The van der Waals surface area contributed by atoms with Crippen molar-refractivity contribution in [2.24, 2.45) is 5.92 Å². The lowest BCUT2D eigenvalue weighted by Gasteiger charge is -2.18. The minimum atomic E-state index is -0.298. The molecule has 1 aliphatic rings. The summed E-state index contributed by atoms with van der Waals surface area (Å²) in [5, 5.41) is 0.656. The Morgan fingerprint density at radius 3 is 2.90 bits per heavy atom. The van der Waals surface area contributed by atoms with Gasteiger partial charge in [0.05, 0.1) is 18.1 Å². The van der Waals surface area contributed by atoms with E-state index in [2.05, 4.69) is 9.97 Å². The maximum atomic E-state index is 12.1. The van der Waals surface area contributed by atoms with Crippen molar-refractivity contribution in [3.63, 3.8) is 0 Å². The van der Waals surface area contributed by atoms with Crippen LogP contribution in [0.15, 0.2) is 18.2 Å². The summed E-state index contributed by atoms with van der Waals surface area (Å²) in [6.45, 7) is 0. The van der Waals surface area contributed by atoms with Crippen LogP contribution in [0.1, 0.15) is 37.4 Å². The Balaban J connectivity index is 2.01. The molecule has 106 valence electrons. The molecule has 1 unspecified atom stereocenters. The Morgan fingerprint density at radius 1 is 1.45 bits per heavy atom. The summed E-state index contributed by atoms with van der Waals surface area (Å²) in [4.78, 5) is 19.9. The van der Waals surface area contributed by atoms with Gasteiger partial charge in [0.25, 0.3) is 0 Å². The molecular formula is C15H17ClN2O2. The third-order valence-corrected chi connectivity index (χ3v) is 4.32. The molecule has 4 nitrogen and oxygen atoms in total. The number of ether oxygens (including phenoxy) is 1. The molecular weight excluding hydrogens is 276 g/mol. The number of nitrogens with one attached hydrogen (secondary N) is 1. The molecule has 0 spiro atoms. The van der Waals surface area contributed by atoms with Crippen molar-refractivity contribution in [1.82, 2.24) is 9.97 Å². The highest BCUT2D eigenvalue weighted by Gasteiger charge is 2.35. The van der Waals surface area contributed by atoms with Crippen LogP contribution in [0.4, 0.5) is 0 Å². The summed E-state index contributed by atoms with van der Waals surface area (Å²) in [5.41, 5.74) is 1.69. The molecule has 1 atom stereocenters. The minimum Gasteiger partial charge on any atom is -0.468 e. The van der Waals surface area contributed by atoms with E-state index in [-0.39, 0.29) is 11.9 Å². The number of hydrogen-bond donors (Lipinski definition) is 1. The molecule has 3 rings (SSSR count). The highest BCUT2D eigenvalue weighted by molar-refractivity contribution is 6.31. The number of nitrogens with zero attached hydrogens (tertiary/aromatic N) is 1. The van der Waals surface area contributed by atoms with Crippen molar-refractivity contribution in [3.05, 3.63) is 29.0 Å². The molecule has 1 heterocycles. The first kappa shape index (κ1) is 13.4. The van der Waals surface area contributed by atoms with Gasteiger partial charge in [0.1, 0.15) is 11.7 Å². The van der Waals surface area contributed by atoms with E-state index in [0.29, 0.717) is 16.8 Å². The van der Waals surface area contributed by atoms with Gasteiger partial charge >= 0.3 is 5.97 Å². The van der Waals surface area contributed by atoms with Crippen molar-refractivity contribution in [3.8, 4) is 0 Å². The molecule has 2 aromatic rings. The molecule has 1 aromatic heterocycles. The van der Waals surface area contributed by atoms with Gasteiger partial charge in [-0.2, -0.15) is 0 Å². The Kier molecular flexibility index (Phi) is 3.66. The number of carbonyl (C=O) groups excluding carboxylic acids is 1. The zero-order valence-electron chi connectivity index (χ0n) is 11.4. The van der Waals surface area contributed by atoms with E-state index in [0.717, 1.165) is 23.9 Å². The van der Waals surface area contributed by atoms with E-state index in [4.69, 9.17) is 16.3 Å². The first-order valence-electron chi connectivity index (χ1n) is 6.92. The van der Waals surface area contributed by atoms with Gasteiger partial charge in [-0.05, 0) is 37.0 Å². The quantitative estimate of drug-likeness (QED) is 0.878. The predicted octanol–water partition coefficient (Wildman–Crippen LogP) is 3.66. The molecule has 0 saturated heterocycles. The normalized spacial score (nSPS) is 17.5. The molecule has 0 aliphatic heterocycles. The number of H-pyrrole nitrogens is 1. The minimum absolute atomic E-state index is 0.206. The highest BCUT2D eigenvalue weighted by Crippen LogP contribution is 2.37. The summed E-state index contributed by atoms with van der Waals surface area (Å²) >= 11 is 5.99. The predicted molar refractivity (Wildman–Crippen MR) is 77.8 cm³/mol. The van der Waals surface area contributed by atoms with Gasteiger partial charge in [-0.1, -0.05) is 24.4 Å². The third kappa shape index (κ3) is 2.40. The Labute approximate surface area is 122 Å². The fourth-order valence-corrected chi connectivity index (χ4v) is 3.27. The van der Waals surface area contributed by atoms with Crippen molar-refractivity contribution >= 4 is 28.6 Å². The van der Waals surface area contributed by atoms with Gasteiger partial charge in [-0.25, -0.2) is 4.98 Å². The molecule has 1 aromatic carbocycles. The summed E-state index contributed by atoms with van der Waals surface area (Å²) in [6, 6.07) is 5.49. The molecule has 1 N–H and O–H groups in total.